The lowest BCUT2D eigenvalue weighted by Crippen LogP contribution is -2.33. The molecule has 0 radical (unpaired) electrons. The Hall–Kier alpha value is -2.29. The molecule has 1 saturated carbocycles. The third kappa shape index (κ3) is 5.98. The number of rotatable bonds is 7. The van der Waals surface area contributed by atoms with Gasteiger partial charge in [0.1, 0.15) is 11.3 Å². The van der Waals surface area contributed by atoms with Gasteiger partial charge in [0.2, 0.25) is 0 Å². The summed E-state index contributed by atoms with van der Waals surface area (Å²) in [6.07, 6.45) is 2.85. The van der Waals surface area contributed by atoms with Gasteiger partial charge in [-0.2, -0.15) is 8.78 Å². The zero-order chi connectivity index (χ0) is 26.0. The van der Waals surface area contributed by atoms with Crippen LogP contribution in [0.1, 0.15) is 63.0 Å². The maximum Gasteiger partial charge on any atom is 0.429 e. The van der Waals surface area contributed by atoms with Gasteiger partial charge in [-0.3, -0.25) is 0 Å². The van der Waals surface area contributed by atoms with Crippen molar-refractivity contribution in [1.29, 1.82) is 0 Å². The highest BCUT2D eigenvalue weighted by Gasteiger charge is 2.40. The van der Waals surface area contributed by atoms with Crippen molar-refractivity contribution in [3.05, 3.63) is 64.5 Å². The summed E-state index contributed by atoms with van der Waals surface area (Å²) in [7, 11) is 0. The van der Waals surface area contributed by atoms with E-state index in [9.17, 15) is 30.7 Å². The summed E-state index contributed by atoms with van der Waals surface area (Å²) in [5.74, 6) is -8.19. The van der Waals surface area contributed by atoms with Crippen molar-refractivity contribution in [3.8, 4) is 5.75 Å². The highest BCUT2D eigenvalue weighted by atomic mass is 19.3. The van der Waals surface area contributed by atoms with Crippen LogP contribution >= 0.6 is 0 Å². The molecule has 2 aliphatic rings. The Morgan fingerprint density at radius 2 is 1.53 bits per heavy atom. The smallest absolute Gasteiger partial charge is 0.429 e. The van der Waals surface area contributed by atoms with E-state index in [1.165, 1.54) is 6.42 Å². The number of hydrogen-bond acceptors (Lipinski definition) is 2. The molecule has 198 valence electrons. The number of hydrogen-bond donors (Lipinski definition) is 0. The maximum atomic E-state index is 14.7. The average Bonchev–Trinajstić information content (AvgIpc) is 2.84. The molecule has 9 heteroatoms. The SMILES string of the molecule is CC1CCC(C2CCC(CCc3ccc(C(F)(F)Oc4cc(F)c(F)c(F)c4)c(F)c3F)CC2)OC1. The molecule has 2 aromatic rings. The van der Waals surface area contributed by atoms with Crippen molar-refractivity contribution < 1.29 is 40.2 Å². The number of halogens is 7. The Morgan fingerprint density at radius 1 is 0.861 bits per heavy atom. The van der Waals surface area contributed by atoms with E-state index < -0.39 is 46.5 Å². The van der Waals surface area contributed by atoms with E-state index in [1.54, 1.807) is 0 Å². The number of alkyl halides is 2. The van der Waals surface area contributed by atoms with Gasteiger partial charge in [0.15, 0.2) is 29.1 Å². The second kappa shape index (κ2) is 11.0. The van der Waals surface area contributed by atoms with E-state index in [0.29, 0.717) is 36.3 Å². The molecule has 2 fully saturated rings. The first kappa shape index (κ1) is 26.8. The van der Waals surface area contributed by atoms with Crippen LogP contribution in [0.25, 0.3) is 0 Å². The van der Waals surface area contributed by atoms with E-state index in [2.05, 4.69) is 11.7 Å². The fraction of sp³-hybridized carbons (Fsp3) is 0.556. The van der Waals surface area contributed by atoms with Crippen LogP contribution in [0, 0.1) is 46.8 Å². The number of aryl methyl sites for hydroxylation is 1. The monoisotopic (exact) mass is 518 g/mol. The molecule has 1 aliphatic heterocycles. The molecule has 0 N–H and O–H groups in total. The molecular formula is C27H29F7O2. The minimum Gasteiger partial charge on any atom is -0.429 e. The molecular weight excluding hydrogens is 489 g/mol. The summed E-state index contributed by atoms with van der Waals surface area (Å²) in [6, 6.07) is 2.16. The minimum absolute atomic E-state index is 0.0300. The van der Waals surface area contributed by atoms with Crippen LogP contribution in [-0.2, 0) is 17.3 Å². The molecule has 2 nitrogen and oxygen atoms in total. The van der Waals surface area contributed by atoms with E-state index in [1.807, 2.05) is 0 Å². The summed E-state index contributed by atoms with van der Waals surface area (Å²) < 4.78 is 108. The lowest BCUT2D eigenvalue weighted by atomic mass is 9.76. The first-order valence-electron chi connectivity index (χ1n) is 12.4. The molecule has 1 aliphatic carbocycles. The standard InChI is InChI=1S/C27H29F7O2/c1-15-2-11-23(35-14-15)17-6-3-16(4-7-17)5-8-18-9-10-20(25(31)24(18)30)27(33,34)36-19-12-21(28)26(32)22(29)13-19/h9-10,12-13,15-17,23H,2-8,11,14H2,1H3. The molecule has 0 bridgehead atoms. The van der Waals surface area contributed by atoms with Gasteiger partial charge in [0.25, 0.3) is 0 Å². The van der Waals surface area contributed by atoms with Gasteiger partial charge in [-0.05, 0) is 67.9 Å². The highest BCUT2D eigenvalue weighted by molar-refractivity contribution is 5.31. The summed E-state index contributed by atoms with van der Waals surface area (Å²) >= 11 is 0. The largest absolute Gasteiger partial charge is 0.429 e. The quantitative estimate of drug-likeness (QED) is 0.273. The van der Waals surface area contributed by atoms with Gasteiger partial charge in [-0.25, -0.2) is 22.0 Å². The minimum atomic E-state index is -4.45. The summed E-state index contributed by atoms with van der Waals surface area (Å²) in [4.78, 5) is 0. The third-order valence-electron chi connectivity index (χ3n) is 7.46. The zero-order valence-corrected chi connectivity index (χ0v) is 19.9. The van der Waals surface area contributed by atoms with Crippen LogP contribution in [0.5, 0.6) is 5.75 Å². The molecule has 1 saturated heterocycles. The van der Waals surface area contributed by atoms with Crippen LogP contribution in [0.2, 0.25) is 0 Å². The maximum absolute atomic E-state index is 14.7. The molecule has 2 unspecified atom stereocenters. The average molecular weight is 519 g/mol. The fourth-order valence-corrected chi connectivity index (χ4v) is 5.28. The highest BCUT2D eigenvalue weighted by Crippen LogP contribution is 2.39. The third-order valence-corrected chi connectivity index (χ3v) is 7.46. The molecule has 2 aromatic carbocycles. The first-order valence-corrected chi connectivity index (χ1v) is 12.4. The van der Waals surface area contributed by atoms with Crippen molar-refractivity contribution in [3.63, 3.8) is 0 Å². The fourth-order valence-electron chi connectivity index (χ4n) is 5.28. The predicted molar refractivity (Wildman–Crippen MR) is 119 cm³/mol. The molecule has 4 rings (SSSR count). The Kier molecular flexibility index (Phi) is 8.17. The van der Waals surface area contributed by atoms with E-state index in [4.69, 9.17) is 4.74 Å². The summed E-state index contributed by atoms with van der Waals surface area (Å²) in [5, 5.41) is 0. The van der Waals surface area contributed by atoms with E-state index in [0.717, 1.165) is 44.8 Å². The van der Waals surface area contributed by atoms with Gasteiger partial charge >= 0.3 is 6.11 Å². The Morgan fingerprint density at radius 3 is 2.14 bits per heavy atom. The molecule has 1 heterocycles. The van der Waals surface area contributed by atoms with Gasteiger partial charge in [-0.15, -0.1) is 0 Å². The van der Waals surface area contributed by atoms with Crippen molar-refractivity contribution in [2.45, 2.75) is 70.5 Å². The van der Waals surface area contributed by atoms with Gasteiger partial charge in [0.05, 0.1) is 6.10 Å². The molecule has 0 amide bonds. The van der Waals surface area contributed by atoms with Crippen LogP contribution in [0.3, 0.4) is 0 Å². The topological polar surface area (TPSA) is 18.5 Å². The number of ether oxygens (including phenoxy) is 2. The van der Waals surface area contributed by atoms with E-state index in [-0.39, 0.29) is 24.1 Å². The van der Waals surface area contributed by atoms with Crippen LogP contribution < -0.4 is 4.74 Å². The second-order valence-corrected chi connectivity index (χ2v) is 10.1. The Labute approximate surface area is 205 Å². The molecule has 2 atom stereocenters. The second-order valence-electron chi connectivity index (χ2n) is 10.1. The normalized spacial score (nSPS) is 25.1. The molecule has 0 aromatic heterocycles. The van der Waals surface area contributed by atoms with Crippen LogP contribution in [0.4, 0.5) is 30.7 Å². The molecule has 36 heavy (non-hydrogen) atoms. The molecule has 0 spiro atoms. The Balaban J connectivity index is 1.35. The Bertz CT molecular complexity index is 1040. The first-order chi connectivity index (χ1) is 17.0. The number of benzene rings is 2. The van der Waals surface area contributed by atoms with Crippen molar-refractivity contribution >= 4 is 0 Å². The lowest BCUT2D eigenvalue weighted by molar-refractivity contribution is -0.188. The van der Waals surface area contributed by atoms with Gasteiger partial charge in [-0.1, -0.05) is 25.8 Å². The zero-order valence-electron chi connectivity index (χ0n) is 19.9. The summed E-state index contributed by atoms with van der Waals surface area (Å²) in [6.45, 7) is 2.98. The van der Waals surface area contributed by atoms with Gasteiger partial charge in [0, 0.05) is 18.7 Å². The van der Waals surface area contributed by atoms with E-state index >= 15 is 0 Å². The predicted octanol–water partition coefficient (Wildman–Crippen LogP) is 8.06. The van der Waals surface area contributed by atoms with Crippen molar-refractivity contribution in [2.24, 2.45) is 17.8 Å². The van der Waals surface area contributed by atoms with Crippen LogP contribution in [0.15, 0.2) is 24.3 Å². The van der Waals surface area contributed by atoms with Crippen molar-refractivity contribution in [2.75, 3.05) is 6.61 Å². The lowest BCUT2D eigenvalue weighted by Gasteiger charge is -2.37. The van der Waals surface area contributed by atoms with Crippen molar-refractivity contribution in [1.82, 2.24) is 0 Å². The summed E-state index contributed by atoms with van der Waals surface area (Å²) in [5.41, 5.74) is -1.45. The van der Waals surface area contributed by atoms with Gasteiger partial charge < -0.3 is 9.47 Å². The van der Waals surface area contributed by atoms with Crippen LogP contribution in [-0.4, -0.2) is 12.7 Å².